The zero-order valence-electron chi connectivity index (χ0n) is 18.6. The molecule has 2 fully saturated rings. The number of urea groups is 1. The molecule has 1 aromatic heterocycles. The molecule has 1 aromatic carbocycles. The summed E-state index contributed by atoms with van der Waals surface area (Å²) in [6.45, 7) is 6.44. The van der Waals surface area contributed by atoms with E-state index in [0.717, 1.165) is 23.5 Å². The van der Waals surface area contributed by atoms with E-state index in [2.05, 4.69) is 48.6 Å². The molecule has 170 valence electrons. The highest BCUT2D eigenvalue weighted by atomic mass is 32.2. The molecule has 0 radical (unpaired) electrons. The number of rotatable bonds is 6. The second-order valence-electron chi connectivity index (χ2n) is 8.99. The Morgan fingerprint density at radius 2 is 1.94 bits per heavy atom. The van der Waals surface area contributed by atoms with Gasteiger partial charge in [0.05, 0.1) is 5.75 Å². The molecule has 2 aromatic rings. The van der Waals surface area contributed by atoms with Crippen molar-refractivity contribution >= 4 is 29.6 Å². The van der Waals surface area contributed by atoms with E-state index in [1.54, 1.807) is 6.20 Å². The molecule has 8 nitrogen and oxygen atoms in total. The number of hydrazine groups is 1. The monoisotopic (exact) mass is 455 g/mol. The zero-order chi connectivity index (χ0) is 22.9. The van der Waals surface area contributed by atoms with Gasteiger partial charge in [-0.2, -0.15) is 5.01 Å². The maximum atomic E-state index is 12.9. The van der Waals surface area contributed by atoms with Crippen molar-refractivity contribution < 1.29 is 14.4 Å². The lowest BCUT2D eigenvalue weighted by Gasteiger charge is -2.33. The first-order chi connectivity index (χ1) is 15.3. The normalized spacial score (nSPS) is 23.1. The van der Waals surface area contributed by atoms with Gasteiger partial charge in [-0.1, -0.05) is 44.7 Å². The number of thioether (sulfide) groups is 1. The van der Waals surface area contributed by atoms with Crippen LogP contribution in [-0.2, 0) is 9.59 Å². The van der Waals surface area contributed by atoms with Crippen LogP contribution < -0.4 is 10.7 Å². The number of hydrogen-bond donors (Lipinski definition) is 2. The third-order valence-electron chi connectivity index (χ3n) is 6.30. The van der Waals surface area contributed by atoms with Gasteiger partial charge in [-0.05, 0) is 55.2 Å². The fourth-order valence-electron chi connectivity index (χ4n) is 4.22. The first kappa shape index (κ1) is 22.4. The van der Waals surface area contributed by atoms with Crippen molar-refractivity contribution in [3.63, 3.8) is 0 Å². The highest BCUT2D eigenvalue weighted by Gasteiger charge is 2.52. The zero-order valence-corrected chi connectivity index (χ0v) is 19.4. The summed E-state index contributed by atoms with van der Waals surface area (Å²) in [5.74, 6) is 0.230. The van der Waals surface area contributed by atoms with Crippen molar-refractivity contribution in [1.29, 1.82) is 0 Å². The molecule has 1 saturated carbocycles. The number of imide groups is 1. The summed E-state index contributed by atoms with van der Waals surface area (Å²) in [6.07, 6.45) is 6.49. The number of imidazole rings is 1. The number of carbonyl (C=O) groups excluding carboxylic acids is 3. The Morgan fingerprint density at radius 1 is 1.25 bits per heavy atom. The van der Waals surface area contributed by atoms with Crippen molar-refractivity contribution in [2.45, 2.75) is 63.1 Å². The van der Waals surface area contributed by atoms with Crippen LogP contribution in [0.25, 0.3) is 5.69 Å². The van der Waals surface area contributed by atoms with Crippen molar-refractivity contribution in [3.8, 4) is 5.69 Å². The number of hydrogen-bond acceptors (Lipinski definition) is 5. The first-order valence-corrected chi connectivity index (χ1v) is 12.0. The van der Waals surface area contributed by atoms with Crippen LogP contribution in [0.3, 0.4) is 0 Å². The van der Waals surface area contributed by atoms with Crippen molar-refractivity contribution in [2.75, 3.05) is 5.75 Å². The van der Waals surface area contributed by atoms with Gasteiger partial charge in [0.1, 0.15) is 5.54 Å². The quantitative estimate of drug-likeness (QED) is 0.512. The largest absolute Gasteiger partial charge is 0.344 e. The Kier molecular flexibility index (Phi) is 6.28. The molecule has 2 N–H and O–H groups in total. The topological polar surface area (TPSA) is 96.3 Å². The number of nitrogens with one attached hydrogen (secondary N) is 2. The van der Waals surface area contributed by atoms with Gasteiger partial charge < -0.3 is 5.32 Å². The molecule has 32 heavy (non-hydrogen) atoms. The Balaban J connectivity index is 1.37. The number of carbonyl (C=O) groups is 3. The molecule has 1 spiro atoms. The van der Waals surface area contributed by atoms with Crippen LogP contribution in [0.1, 0.15) is 57.9 Å². The Bertz CT molecular complexity index is 1010. The van der Waals surface area contributed by atoms with E-state index in [0.29, 0.717) is 29.8 Å². The molecular formula is C23H29N5O3S. The van der Waals surface area contributed by atoms with E-state index in [-0.39, 0.29) is 11.7 Å². The predicted molar refractivity (Wildman–Crippen MR) is 122 cm³/mol. The summed E-state index contributed by atoms with van der Waals surface area (Å²) in [4.78, 5) is 42.1. The van der Waals surface area contributed by atoms with Crippen LogP contribution in [-0.4, -0.2) is 43.7 Å². The van der Waals surface area contributed by atoms with Crippen molar-refractivity contribution in [2.24, 2.45) is 5.92 Å². The van der Waals surface area contributed by atoms with Gasteiger partial charge in [0.15, 0.2) is 5.16 Å². The minimum absolute atomic E-state index is 0.0299. The second kappa shape index (κ2) is 8.97. The van der Waals surface area contributed by atoms with Gasteiger partial charge in [-0.25, -0.2) is 9.78 Å². The molecule has 0 atom stereocenters. The molecule has 1 aliphatic heterocycles. The van der Waals surface area contributed by atoms with Crippen LogP contribution in [0, 0.1) is 5.92 Å². The van der Waals surface area contributed by atoms with E-state index in [9.17, 15) is 14.4 Å². The van der Waals surface area contributed by atoms with Crippen LogP contribution in [0.4, 0.5) is 4.79 Å². The standard InChI is InChI=1S/C23H29N5O3S/c1-15(2)17-4-6-18(7-5-17)27-13-12-24-22(27)32-14-19(29)26-28-20(30)23(25-21(28)31)10-8-16(3)9-11-23/h4-7,12-13,15-16H,8-11,14H2,1-3H3,(H,25,31)(H,26,29). The molecule has 2 heterocycles. The average Bonchev–Trinajstić information content (AvgIpc) is 3.33. The molecule has 4 amide bonds. The number of nitrogens with zero attached hydrogens (tertiary/aromatic N) is 3. The summed E-state index contributed by atoms with van der Waals surface area (Å²) >= 11 is 1.25. The van der Waals surface area contributed by atoms with Crippen LogP contribution >= 0.6 is 11.8 Å². The number of amides is 4. The van der Waals surface area contributed by atoms with E-state index in [1.165, 1.54) is 17.3 Å². The Labute approximate surface area is 192 Å². The number of benzene rings is 1. The lowest BCUT2D eigenvalue weighted by atomic mass is 9.77. The van der Waals surface area contributed by atoms with Crippen LogP contribution in [0.5, 0.6) is 0 Å². The van der Waals surface area contributed by atoms with E-state index < -0.39 is 17.5 Å². The van der Waals surface area contributed by atoms with E-state index >= 15 is 0 Å². The highest BCUT2D eigenvalue weighted by molar-refractivity contribution is 7.99. The lowest BCUT2D eigenvalue weighted by molar-refractivity contribution is -0.139. The number of aromatic nitrogens is 2. The first-order valence-electron chi connectivity index (χ1n) is 11.0. The summed E-state index contributed by atoms with van der Waals surface area (Å²) in [7, 11) is 0. The van der Waals surface area contributed by atoms with Crippen LogP contribution in [0.15, 0.2) is 41.8 Å². The smallest absolute Gasteiger partial charge is 0.322 e. The minimum Gasteiger partial charge on any atom is -0.322 e. The summed E-state index contributed by atoms with van der Waals surface area (Å²) < 4.78 is 1.91. The lowest BCUT2D eigenvalue weighted by Crippen LogP contribution is -2.51. The van der Waals surface area contributed by atoms with Gasteiger partial charge in [-0.15, -0.1) is 0 Å². The fraction of sp³-hybridized carbons (Fsp3) is 0.478. The molecule has 2 aliphatic rings. The average molecular weight is 456 g/mol. The Hall–Kier alpha value is -2.81. The molecule has 1 saturated heterocycles. The molecule has 4 rings (SSSR count). The molecule has 0 bridgehead atoms. The van der Waals surface area contributed by atoms with Crippen molar-refractivity contribution in [1.82, 2.24) is 25.3 Å². The summed E-state index contributed by atoms with van der Waals surface area (Å²) in [5, 5.41) is 4.31. The fourth-order valence-corrected chi connectivity index (χ4v) is 4.98. The van der Waals surface area contributed by atoms with Gasteiger partial charge in [0.2, 0.25) is 5.91 Å². The van der Waals surface area contributed by atoms with E-state index in [4.69, 9.17) is 0 Å². The van der Waals surface area contributed by atoms with Crippen LogP contribution in [0.2, 0.25) is 0 Å². The summed E-state index contributed by atoms with van der Waals surface area (Å²) in [6, 6.07) is 7.66. The molecule has 1 aliphatic carbocycles. The van der Waals surface area contributed by atoms with Gasteiger partial charge >= 0.3 is 6.03 Å². The van der Waals surface area contributed by atoms with Crippen molar-refractivity contribution in [3.05, 3.63) is 42.2 Å². The highest BCUT2D eigenvalue weighted by Crippen LogP contribution is 2.35. The summed E-state index contributed by atoms with van der Waals surface area (Å²) in [5.41, 5.74) is 3.81. The van der Waals surface area contributed by atoms with Gasteiger partial charge in [0.25, 0.3) is 5.91 Å². The third kappa shape index (κ3) is 4.39. The SMILES string of the molecule is CC1CCC2(CC1)NC(=O)N(NC(=O)CSc1nccn1-c1ccc(C(C)C)cc1)C2=O. The molecule has 9 heteroatoms. The van der Waals surface area contributed by atoms with Gasteiger partial charge in [-0.3, -0.25) is 19.6 Å². The van der Waals surface area contributed by atoms with E-state index in [1.807, 2.05) is 22.9 Å². The van der Waals surface area contributed by atoms with Gasteiger partial charge in [0, 0.05) is 18.1 Å². The maximum absolute atomic E-state index is 12.9. The minimum atomic E-state index is -0.873. The maximum Gasteiger partial charge on any atom is 0.344 e. The molecule has 0 unspecified atom stereocenters. The molecular weight excluding hydrogens is 426 g/mol. The Morgan fingerprint density at radius 3 is 2.59 bits per heavy atom. The third-order valence-corrected chi connectivity index (χ3v) is 7.27. The predicted octanol–water partition coefficient (Wildman–Crippen LogP) is 3.62. The second-order valence-corrected chi connectivity index (χ2v) is 9.93.